The highest BCUT2D eigenvalue weighted by atomic mass is 19.4. The third kappa shape index (κ3) is 4.53. The number of ether oxygens (including phenoxy) is 1. The number of pyridine rings is 1. The number of hydrogen-bond donors (Lipinski definition) is 2. The van der Waals surface area contributed by atoms with Crippen molar-refractivity contribution in [1.29, 1.82) is 0 Å². The average molecular weight is 562 g/mol. The molecule has 1 spiro atoms. The van der Waals surface area contributed by atoms with Crippen LogP contribution in [0.4, 0.5) is 13.2 Å². The zero-order chi connectivity index (χ0) is 27.9. The first kappa shape index (κ1) is 27.0. The van der Waals surface area contributed by atoms with Crippen LogP contribution in [0.1, 0.15) is 82.4 Å². The van der Waals surface area contributed by atoms with E-state index in [2.05, 4.69) is 22.7 Å². The molecule has 3 aliphatic carbocycles. The number of aromatic nitrogens is 2. The summed E-state index contributed by atoms with van der Waals surface area (Å²) in [5.41, 5.74) is 7.13. The van der Waals surface area contributed by atoms with E-state index in [0.717, 1.165) is 32.2 Å². The van der Waals surface area contributed by atoms with Crippen molar-refractivity contribution in [3.63, 3.8) is 0 Å². The Morgan fingerprint density at radius 1 is 1.15 bits per heavy atom. The van der Waals surface area contributed by atoms with Gasteiger partial charge in [-0.1, -0.05) is 13.3 Å². The third-order valence-corrected chi connectivity index (χ3v) is 11.0. The summed E-state index contributed by atoms with van der Waals surface area (Å²) in [6.07, 6.45) is 7.60. The number of hydrazine groups is 1. The number of alkyl halides is 3. The monoisotopic (exact) mass is 561 g/mol. The molecule has 2 aliphatic heterocycles. The second kappa shape index (κ2) is 9.57. The van der Waals surface area contributed by atoms with Crippen molar-refractivity contribution in [2.24, 2.45) is 22.7 Å². The molecule has 0 bridgehead atoms. The van der Waals surface area contributed by atoms with Crippen LogP contribution in [0.2, 0.25) is 0 Å². The number of nitrogens with zero attached hydrogens (tertiary/aromatic N) is 3. The minimum atomic E-state index is -4.54. The maximum Gasteiger partial charge on any atom is 0.418 e. The van der Waals surface area contributed by atoms with Crippen molar-refractivity contribution >= 4 is 5.52 Å². The van der Waals surface area contributed by atoms with Crippen molar-refractivity contribution in [2.75, 3.05) is 26.2 Å². The van der Waals surface area contributed by atoms with Gasteiger partial charge in [0.1, 0.15) is 0 Å². The molecular weight excluding hydrogens is 519 g/mol. The predicted octanol–water partition coefficient (Wildman–Crippen LogP) is 4.74. The molecule has 7 nitrogen and oxygen atoms in total. The van der Waals surface area contributed by atoms with Crippen molar-refractivity contribution in [3.8, 4) is 0 Å². The van der Waals surface area contributed by atoms with E-state index < -0.39 is 11.7 Å². The molecule has 7 rings (SSSR count). The topological polar surface area (TPSA) is 62.9 Å². The van der Waals surface area contributed by atoms with Gasteiger partial charge in [-0.3, -0.25) is 24.7 Å². The van der Waals surface area contributed by atoms with Gasteiger partial charge in [-0.05, 0) is 86.2 Å². The minimum absolute atomic E-state index is 0.0366. The van der Waals surface area contributed by atoms with Crippen molar-refractivity contribution in [1.82, 2.24) is 24.7 Å². The third-order valence-electron chi connectivity index (χ3n) is 11.0. The molecule has 40 heavy (non-hydrogen) atoms. The number of fused-ring (bicyclic) bond motifs is 1. The largest absolute Gasteiger partial charge is 0.418 e. The van der Waals surface area contributed by atoms with Crippen molar-refractivity contribution < 1.29 is 17.9 Å². The smallest absolute Gasteiger partial charge is 0.376 e. The van der Waals surface area contributed by atoms with E-state index in [1.54, 1.807) is 10.8 Å². The first-order chi connectivity index (χ1) is 19.1. The summed E-state index contributed by atoms with van der Waals surface area (Å²) in [4.78, 5) is 15.9. The van der Waals surface area contributed by atoms with Crippen molar-refractivity contribution in [2.45, 2.75) is 96.1 Å². The van der Waals surface area contributed by atoms with Gasteiger partial charge in [0.2, 0.25) is 0 Å². The van der Waals surface area contributed by atoms with E-state index in [-0.39, 0.29) is 28.8 Å². The van der Waals surface area contributed by atoms with Crippen LogP contribution in [-0.2, 0) is 17.5 Å². The molecule has 0 radical (unpaired) electrons. The summed E-state index contributed by atoms with van der Waals surface area (Å²) in [5, 5.41) is 0. The Kier molecular flexibility index (Phi) is 6.46. The molecule has 5 fully saturated rings. The van der Waals surface area contributed by atoms with Gasteiger partial charge in [0.05, 0.1) is 23.8 Å². The van der Waals surface area contributed by atoms with Crippen LogP contribution in [0.3, 0.4) is 0 Å². The molecule has 3 saturated carbocycles. The number of rotatable bonds is 5. The molecule has 0 aromatic carbocycles. The Morgan fingerprint density at radius 2 is 1.95 bits per heavy atom. The second-order valence-corrected chi connectivity index (χ2v) is 13.8. The van der Waals surface area contributed by atoms with Gasteiger partial charge < -0.3 is 4.74 Å². The highest BCUT2D eigenvalue weighted by Gasteiger charge is 2.66. The lowest BCUT2D eigenvalue weighted by molar-refractivity contribution is -0.136. The fourth-order valence-corrected chi connectivity index (χ4v) is 9.01. The number of imidazole rings is 1. The number of hydrogen-bond acceptors (Lipinski definition) is 5. The van der Waals surface area contributed by atoms with Crippen LogP contribution in [0.5, 0.6) is 0 Å². The molecule has 2 aromatic heterocycles. The first-order valence-electron chi connectivity index (χ1n) is 15.2. The van der Waals surface area contributed by atoms with Gasteiger partial charge in [0.25, 0.3) is 0 Å². The Bertz CT molecular complexity index is 1320. The second-order valence-electron chi connectivity index (χ2n) is 13.8. The van der Waals surface area contributed by atoms with E-state index in [0.29, 0.717) is 55.1 Å². The zero-order valence-corrected chi connectivity index (χ0v) is 23.6. The summed E-state index contributed by atoms with van der Waals surface area (Å²) in [7, 11) is 0. The number of halogens is 3. The van der Waals surface area contributed by atoms with Gasteiger partial charge in [0, 0.05) is 50.7 Å². The molecule has 220 valence electrons. The summed E-state index contributed by atoms with van der Waals surface area (Å²) in [5.74, 6) is 1.01. The Hall–Kier alpha value is -1.88. The molecule has 2 aromatic rings. The lowest BCUT2D eigenvalue weighted by Crippen LogP contribution is -2.59. The summed E-state index contributed by atoms with van der Waals surface area (Å²) < 4.78 is 51.4. The van der Waals surface area contributed by atoms with Gasteiger partial charge in [-0.25, -0.2) is 4.79 Å². The maximum absolute atomic E-state index is 14.3. The molecule has 4 heterocycles. The standard InChI is InChI=1S/C30H42F3N5O2/c1-19-12-34-35-26(19)29(17-28(18-29)6-7-28)22-4-3-5-23(11-22)37-16-25-24(30(31,32)33)10-21(15-38(25)27(37)39)14-36-8-9-40-20(2)13-36/h10,15-16,19-20,22-23,26,34-35H,3-9,11-14,17-18H2,1-2H3/t19?,20-,22?,23?,26?/m1/s1. The molecule has 10 heteroatoms. The highest BCUT2D eigenvalue weighted by Crippen LogP contribution is 2.73. The minimum Gasteiger partial charge on any atom is -0.376 e. The van der Waals surface area contributed by atoms with Crippen LogP contribution < -0.4 is 16.5 Å². The molecule has 4 unspecified atom stereocenters. The molecule has 0 amide bonds. The first-order valence-corrected chi connectivity index (χ1v) is 15.2. The highest BCUT2D eigenvalue weighted by molar-refractivity contribution is 5.56. The van der Waals surface area contributed by atoms with E-state index in [1.807, 2.05) is 6.92 Å². The lowest BCUT2D eigenvalue weighted by atomic mass is 9.47. The van der Waals surface area contributed by atoms with E-state index in [4.69, 9.17) is 4.74 Å². The van der Waals surface area contributed by atoms with Crippen LogP contribution in [0.15, 0.2) is 23.3 Å². The van der Waals surface area contributed by atoms with Gasteiger partial charge in [-0.2, -0.15) is 13.2 Å². The normalized spacial score (nSPS) is 33.9. The van der Waals surface area contributed by atoms with E-state index in [9.17, 15) is 18.0 Å². The molecule has 2 saturated heterocycles. The zero-order valence-electron chi connectivity index (χ0n) is 23.6. The van der Waals surface area contributed by atoms with E-state index in [1.165, 1.54) is 42.3 Å². The summed E-state index contributed by atoms with van der Waals surface area (Å²) >= 11 is 0. The fraction of sp³-hybridized carbons (Fsp3) is 0.767. The molecule has 5 aliphatic rings. The maximum atomic E-state index is 14.3. The summed E-state index contributed by atoms with van der Waals surface area (Å²) in [6, 6.07) is 1.57. The van der Waals surface area contributed by atoms with Gasteiger partial charge >= 0.3 is 11.9 Å². The number of nitrogens with one attached hydrogen (secondary N) is 2. The van der Waals surface area contributed by atoms with Crippen LogP contribution in [0, 0.1) is 22.7 Å². The van der Waals surface area contributed by atoms with Gasteiger partial charge in [0.15, 0.2) is 0 Å². The average Bonchev–Trinajstić information content (AvgIpc) is 3.46. The van der Waals surface area contributed by atoms with Gasteiger partial charge in [-0.15, -0.1) is 0 Å². The predicted molar refractivity (Wildman–Crippen MR) is 146 cm³/mol. The Balaban J connectivity index is 1.20. The van der Waals surface area contributed by atoms with E-state index >= 15 is 0 Å². The number of morpholine rings is 1. The SMILES string of the molecule is CC1CNNC1C1(C2CCCC(n3cc4c(C(F)(F)F)cc(CN5CCO[C@H](C)C5)cn4c3=O)C2)CC2(CC2)C1. The Labute approximate surface area is 233 Å². The lowest BCUT2D eigenvalue weighted by Gasteiger charge is -2.59. The summed E-state index contributed by atoms with van der Waals surface area (Å²) in [6.45, 7) is 7.49. The fourth-order valence-electron chi connectivity index (χ4n) is 9.01. The van der Waals surface area contributed by atoms with Crippen molar-refractivity contribution in [3.05, 3.63) is 40.1 Å². The molecule has 2 N–H and O–H groups in total. The Morgan fingerprint density at radius 3 is 2.62 bits per heavy atom. The van der Waals surface area contributed by atoms with Crippen LogP contribution >= 0.6 is 0 Å². The molecule has 5 atom stereocenters. The molecular formula is C30H42F3N5O2. The quantitative estimate of drug-likeness (QED) is 0.552. The van der Waals surface area contributed by atoms with Crippen LogP contribution in [-0.4, -0.2) is 52.3 Å². The van der Waals surface area contributed by atoms with Crippen LogP contribution in [0.25, 0.3) is 5.52 Å².